The van der Waals surface area contributed by atoms with Crippen molar-refractivity contribution >= 4 is 59.5 Å². The quantitative estimate of drug-likeness (QED) is 0.316. The number of carbonyl (C=O) groups excluding carboxylic acids is 1. The first-order valence-electron chi connectivity index (χ1n) is 8.79. The first-order chi connectivity index (χ1) is 13.6. The summed E-state index contributed by atoms with van der Waals surface area (Å²) in [5.74, 6) is 0.436. The van der Waals surface area contributed by atoms with E-state index in [2.05, 4.69) is 36.8 Å². The number of ether oxygens (including phenoxy) is 2. The largest absolute Gasteiger partial charge is 0.497 e. The number of fused-ring (bicyclic) bond motifs is 3. The molecular formula is C22H17Br2NO3. The smallest absolute Gasteiger partial charge is 0.341 e. The van der Waals surface area contributed by atoms with E-state index < -0.39 is 0 Å². The third-order valence-corrected chi connectivity index (χ3v) is 6.13. The second-order valence-corrected chi connectivity index (χ2v) is 7.83. The van der Waals surface area contributed by atoms with Crippen LogP contribution in [-0.4, -0.2) is 24.7 Å². The van der Waals surface area contributed by atoms with Gasteiger partial charge in [0.05, 0.1) is 23.8 Å². The van der Waals surface area contributed by atoms with Gasteiger partial charge in [-0.15, -0.1) is 0 Å². The molecule has 0 spiro atoms. The van der Waals surface area contributed by atoms with Gasteiger partial charge in [0.2, 0.25) is 0 Å². The van der Waals surface area contributed by atoms with Crippen molar-refractivity contribution in [2.24, 2.45) is 0 Å². The van der Waals surface area contributed by atoms with Gasteiger partial charge in [0, 0.05) is 15.4 Å². The standard InChI is InChI=1S/C22H17Br2NO3/c1-3-28-22(26)18-17-14-6-4-5-7-15(14)19(23)16(20(17)25-21(18)24)12-8-10-13(27-2)11-9-12/h4-11,25H,3H2,1-2H3. The van der Waals surface area contributed by atoms with Crippen LogP contribution in [0.5, 0.6) is 5.75 Å². The number of carbonyl (C=O) groups is 1. The molecule has 4 aromatic rings. The van der Waals surface area contributed by atoms with Crippen molar-refractivity contribution in [3.63, 3.8) is 0 Å². The minimum atomic E-state index is -0.353. The highest BCUT2D eigenvalue weighted by Crippen LogP contribution is 2.45. The molecule has 28 heavy (non-hydrogen) atoms. The summed E-state index contributed by atoms with van der Waals surface area (Å²) in [6.45, 7) is 2.12. The fraction of sp³-hybridized carbons (Fsp3) is 0.136. The number of benzene rings is 3. The summed E-state index contributed by atoms with van der Waals surface area (Å²) in [5.41, 5.74) is 3.36. The van der Waals surface area contributed by atoms with Crippen molar-refractivity contribution in [3.8, 4) is 16.9 Å². The van der Waals surface area contributed by atoms with Crippen LogP contribution in [0.15, 0.2) is 57.6 Å². The molecule has 6 heteroatoms. The molecule has 0 aliphatic rings. The molecule has 0 amide bonds. The van der Waals surface area contributed by atoms with E-state index in [0.29, 0.717) is 16.8 Å². The highest BCUT2D eigenvalue weighted by atomic mass is 79.9. The number of hydrogen-bond donors (Lipinski definition) is 1. The number of aromatic nitrogens is 1. The Balaban J connectivity index is 2.13. The Morgan fingerprint density at radius 2 is 1.71 bits per heavy atom. The number of H-pyrrole nitrogens is 1. The predicted octanol–water partition coefficient (Wildman–Crippen LogP) is 6.70. The first kappa shape index (κ1) is 19.0. The summed E-state index contributed by atoms with van der Waals surface area (Å²) in [7, 11) is 1.65. The molecular weight excluding hydrogens is 486 g/mol. The van der Waals surface area contributed by atoms with Crippen molar-refractivity contribution in [2.75, 3.05) is 13.7 Å². The lowest BCUT2D eigenvalue weighted by molar-refractivity contribution is 0.0527. The molecule has 1 N–H and O–H groups in total. The summed E-state index contributed by atoms with van der Waals surface area (Å²) in [4.78, 5) is 16.0. The van der Waals surface area contributed by atoms with Crippen LogP contribution in [0.3, 0.4) is 0 Å². The zero-order valence-electron chi connectivity index (χ0n) is 15.3. The van der Waals surface area contributed by atoms with Crippen LogP contribution < -0.4 is 4.74 Å². The maximum atomic E-state index is 12.7. The summed E-state index contributed by atoms with van der Waals surface area (Å²) >= 11 is 7.32. The molecule has 0 fully saturated rings. The Bertz CT molecular complexity index is 1200. The Morgan fingerprint density at radius 1 is 1.04 bits per heavy atom. The van der Waals surface area contributed by atoms with E-state index in [1.54, 1.807) is 14.0 Å². The molecule has 1 aromatic heterocycles. The zero-order valence-corrected chi connectivity index (χ0v) is 18.5. The second-order valence-electron chi connectivity index (χ2n) is 6.25. The maximum absolute atomic E-state index is 12.7. The van der Waals surface area contributed by atoms with Gasteiger partial charge in [-0.3, -0.25) is 0 Å². The van der Waals surface area contributed by atoms with Gasteiger partial charge in [0.1, 0.15) is 11.3 Å². The minimum Gasteiger partial charge on any atom is -0.497 e. The Morgan fingerprint density at radius 3 is 2.36 bits per heavy atom. The average Bonchev–Trinajstić information content (AvgIpc) is 3.05. The molecule has 0 aliphatic heterocycles. The van der Waals surface area contributed by atoms with Crippen molar-refractivity contribution in [3.05, 3.63) is 63.2 Å². The van der Waals surface area contributed by atoms with E-state index in [9.17, 15) is 4.79 Å². The molecule has 4 nitrogen and oxygen atoms in total. The number of aromatic amines is 1. The molecule has 3 aromatic carbocycles. The fourth-order valence-electron chi connectivity index (χ4n) is 3.49. The molecule has 142 valence electrons. The van der Waals surface area contributed by atoms with Gasteiger partial charge in [0.25, 0.3) is 0 Å². The predicted molar refractivity (Wildman–Crippen MR) is 119 cm³/mol. The normalized spacial score (nSPS) is 11.1. The molecule has 0 saturated carbocycles. The Hall–Kier alpha value is -2.31. The molecule has 0 saturated heterocycles. The molecule has 1 heterocycles. The van der Waals surface area contributed by atoms with Crippen LogP contribution in [0.1, 0.15) is 17.3 Å². The molecule has 0 radical (unpaired) electrons. The van der Waals surface area contributed by atoms with Gasteiger partial charge in [-0.1, -0.05) is 36.4 Å². The highest BCUT2D eigenvalue weighted by molar-refractivity contribution is 9.11. The van der Waals surface area contributed by atoms with Crippen LogP contribution in [-0.2, 0) is 4.74 Å². The van der Waals surface area contributed by atoms with Crippen LogP contribution in [0.4, 0.5) is 0 Å². The van der Waals surface area contributed by atoms with Gasteiger partial charge in [-0.25, -0.2) is 4.79 Å². The van der Waals surface area contributed by atoms with Crippen LogP contribution in [0.2, 0.25) is 0 Å². The van der Waals surface area contributed by atoms with E-state index in [4.69, 9.17) is 9.47 Å². The number of halogens is 2. The molecule has 0 aliphatic carbocycles. The monoisotopic (exact) mass is 501 g/mol. The maximum Gasteiger partial charge on any atom is 0.341 e. The first-order valence-corrected chi connectivity index (χ1v) is 10.4. The number of methoxy groups -OCH3 is 1. The van der Waals surface area contributed by atoms with Crippen molar-refractivity contribution in [1.82, 2.24) is 4.98 Å². The lowest BCUT2D eigenvalue weighted by Gasteiger charge is -2.13. The van der Waals surface area contributed by atoms with Crippen molar-refractivity contribution in [2.45, 2.75) is 6.92 Å². The third kappa shape index (κ3) is 3.01. The van der Waals surface area contributed by atoms with E-state index in [1.807, 2.05) is 48.5 Å². The number of hydrogen-bond acceptors (Lipinski definition) is 3. The lowest BCUT2D eigenvalue weighted by Crippen LogP contribution is -2.04. The topological polar surface area (TPSA) is 51.3 Å². The summed E-state index contributed by atoms with van der Waals surface area (Å²) in [6, 6.07) is 15.9. The Labute approximate surface area is 179 Å². The molecule has 0 unspecified atom stereocenters. The van der Waals surface area contributed by atoms with Gasteiger partial charge < -0.3 is 14.5 Å². The zero-order chi connectivity index (χ0) is 19.8. The SMILES string of the molecule is CCOC(=O)c1c(Br)[nH]c2c(-c3ccc(OC)cc3)c(Br)c3ccccc3c12. The second kappa shape index (κ2) is 7.60. The molecule has 4 rings (SSSR count). The van der Waals surface area contributed by atoms with Gasteiger partial charge >= 0.3 is 5.97 Å². The Kier molecular flexibility index (Phi) is 5.17. The molecule has 0 bridgehead atoms. The fourth-order valence-corrected chi connectivity index (χ4v) is 4.82. The van der Waals surface area contributed by atoms with Gasteiger partial charge in [-0.2, -0.15) is 0 Å². The van der Waals surface area contributed by atoms with E-state index >= 15 is 0 Å². The summed E-state index contributed by atoms with van der Waals surface area (Å²) in [6.07, 6.45) is 0. The summed E-state index contributed by atoms with van der Waals surface area (Å²) in [5, 5.41) is 2.85. The van der Waals surface area contributed by atoms with E-state index in [0.717, 1.165) is 43.0 Å². The average molecular weight is 503 g/mol. The van der Waals surface area contributed by atoms with Crippen LogP contribution >= 0.6 is 31.9 Å². The summed E-state index contributed by atoms with van der Waals surface area (Å²) < 4.78 is 12.2. The number of nitrogens with one attached hydrogen (secondary N) is 1. The number of rotatable bonds is 4. The number of esters is 1. The van der Waals surface area contributed by atoms with E-state index in [1.165, 1.54) is 0 Å². The van der Waals surface area contributed by atoms with Crippen molar-refractivity contribution in [1.29, 1.82) is 0 Å². The highest BCUT2D eigenvalue weighted by Gasteiger charge is 2.24. The van der Waals surface area contributed by atoms with Gasteiger partial charge in [0.15, 0.2) is 0 Å². The third-order valence-electron chi connectivity index (χ3n) is 4.71. The van der Waals surface area contributed by atoms with E-state index in [-0.39, 0.29) is 5.97 Å². The molecule has 0 atom stereocenters. The van der Waals surface area contributed by atoms with Crippen LogP contribution in [0, 0.1) is 0 Å². The van der Waals surface area contributed by atoms with Gasteiger partial charge in [-0.05, 0) is 67.3 Å². The minimum absolute atomic E-state index is 0.317. The lowest BCUT2D eigenvalue weighted by atomic mass is 9.96. The van der Waals surface area contributed by atoms with Crippen molar-refractivity contribution < 1.29 is 14.3 Å². The van der Waals surface area contributed by atoms with Crippen LogP contribution in [0.25, 0.3) is 32.8 Å².